The smallest absolute Gasteiger partial charge is 0.224 e. The number of hydrogen-bond acceptors (Lipinski definition) is 3. The van der Waals surface area contributed by atoms with E-state index in [1.807, 2.05) is 11.0 Å². The average Bonchev–Trinajstić information content (AvgIpc) is 3.12. The number of hydrogen-bond donors (Lipinski definition) is 0. The van der Waals surface area contributed by atoms with Crippen molar-refractivity contribution in [1.29, 1.82) is 0 Å². The molecule has 2 aromatic rings. The summed E-state index contributed by atoms with van der Waals surface area (Å²) < 4.78 is 14.9. The van der Waals surface area contributed by atoms with Crippen molar-refractivity contribution in [1.82, 2.24) is 19.7 Å². The van der Waals surface area contributed by atoms with Crippen molar-refractivity contribution in [2.45, 2.75) is 38.6 Å². The van der Waals surface area contributed by atoms with Gasteiger partial charge in [0, 0.05) is 19.5 Å². The molecule has 0 spiro atoms. The Labute approximate surface area is 141 Å². The largest absolute Gasteiger partial charge is 0.342 e. The third-order valence-electron chi connectivity index (χ3n) is 4.62. The number of carbonyl (C=O) groups excluding carboxylic acids is 1. The summed E-state index contributed by atoms with van der Waals surface area (Å²) in [6.07, 6.45) is 7.61. The highest BCUT2D eigenvalue weighted by Gasteiger charge is 2.23. The van der Waals surface area contributed by atoms with Crippen LogP contribution in [0.25, 0.3) is 0 Å². The number of aromatic nitrogens is 3. The Morgan fingerprint density at radius 2 is 2.29 bits per heavy atom. The predicted octanol–water partition coefficient (Wildman–Crippen LogP) is 2.68. The molecule has 1 saturated heterocycles. The Hall–Kier alpha value is -2.24. The number of benzene rings is 1. The molecule has 3 rings (SSSR count). The Kier molecular flexibility index (Phi) is 5.56. The fourth-order valence-electron chi connectivity index (χ4n) is 3.31. The van der Waals surface area contributed by atoms with Crippen LogP contribution < -0.4 is 0 Å². The van der Waals surface area contributed by atoms with E-state index in [2.05, 4.69) is 10.1 Å². The zero-order valence-corrected chi connectivity index (χ0v) is 13.8. The maximum Gasteiger partial charge on any atom is 0.224 e. The van der Waals surface area contributed by atoms with E-state index >= 15 is 0 Å². The minimum absolute atomic E-state index is 0.180. The normalized spacial score (nSPS) is 17.9. The molecule has 24 heavy (non-hydrogen) atoms. The molecule has 1 fully saturated rings. The van der Waals surface area contributed by atoms with Gasteiger partial charge in [-0.3, -0.25) is 9.48 Å². The fraction of sp³-hybridized carbons (Fsp3) is 0.500. The second kappa shape index (κ2) is 8.04. The summed E-state index contributed by atoms with van der Waals surface area (Å²) in [4.78, 5) is 18.2. The monoisotopic (exact) mass is 330 g/mol. The molecule has 0 N–H and O–H groups in total. The van der Waals surface area contributed by atoms with Crippen molar-refractivity contribution in [3.63, 3.8) is 0 Å². The molecule has 5 nitrogen and oxygen atoms in total. The summed E-state index contributed by atoms with van der Waals surface area (Å²) in [5.41, 5.74) is 1.03. The number of halogens is 1. The van der Waals surface area contributed by atoms with Crippen molar-refractivity contribution in [2.75, 3.05) is 13.1 Å². The van der Waals surface area contributed by atoms with Gasteiger partial charge in [0.15, 0.2) is 0 Å². The standard InChI is InChI=1S/C18H23FN4O/c19-17-5-1-3-15(11-17)6-7-16-4-2-9-22(12-16)18(24)8-10-23-14-20-13-21-23/h1,3,5,11,13-14,16H,2,4,6-10,12H2. The topological polar surface area (TPSA) is 51.0 Å². The van der Waals surface area contributed by atoms with Gasteiger partial charge in [-0.25, -0.2) is 9.37 Å². The highest BCUT2D eigenvalue weighted by Crippen LogP contribution is 2.22. The van der Waals surface area contributed by atoms with Crippen LogP contribution in [0.15, 0.2) is 36.9 Å². The third-order valence-corrected chi connectivity index (χ3v) is 4.62. The second-order valence-corrected chi connectivity index (χ2v) is 6.43. The molecule has 0 aliphatic carbocycles. The summed E-state index contributed by atoms with van der Waals surface area (Å²) in [6, 6.07) is 6.79. The number of rotatable bonds is 6. The fourth-order valence-corrected chi connectivity index (χ4v) is 3.31. The van der Waals surface area contributed by atoms with Crippen LogP contribution in [0.3, 0.4) is 0 Å². The van der Waals surface area contributed by atoms with Crippen molar-refractivity contribution < 1.29 is 9.18 Å². The zero-order chi connectivity index (χ0) is 16.8. The van der Waals surface area contributed by atoms with E-state index in [4.69, 9.17) is 0 Å². The first-order valence-corrected chi connectivity index (χ1v) is 8.55. The Bertz CT molecular complexity index is 659. The maximum absolute atomic E-state index is 13.2. The van der Waals surface area contributed by atoms with Gasteiger partial charge < -0.3 is 4.90 Å². The lowest BCUT2D eigenvalue weighted by Crippen LogP contribution is -2.40. The van der Waals surface area contributed by atoms with Gasteiger partial charge in [-0.2, -0.15) is 5.10 Å². The van der Waals surface area contributed by atoms with Gasteiger partial charge in [-0.05, 0) is 49.3 Å². The van der Waals surface area contributed by atoms with E-state index in [9.17, 15) is 9.18 Å². The quantitative estimate of drug-likeness (QED) is 0.818. The molecule has 1 unspecified atom stereocenters. The molecule has 6 heteroatoms. The van der Waals surface area contributed by atoms with Crippen LogP contribution in [-0.4, -0.2) is 38.7 Å². The molecular weight excluding hydrogens is 307 g/mol. The predicted molar refractivity (Wildman–Crippen MR) is 88.7 cm³/mol. The number of carbonyl (C=O) groups is 1. The van der Waals surface area contributed by atoms with Crippen molar-refractivity contribution in [3.8, 4) is 0 Å². The molecule has 1 atom stereocenters. The van der Waals surface area contributed by atoms with Gasteiger partial charge in [0.2, 0.25) is 5.91 Å². The van der Waals surface area contributed by atoms with Gasteiger partial charge in [0.1, 0.15) is 18.5 Å². The number of aryl methyl sites for hydroxylation is 2. The highest BCUT2D eigenvalue weighted by molar-refractivity contribution is 5.76. The molecule has 1 amide bonds. The molecule has 2 heterocycles. The second-order valence-electron chi connectivity index (χ2n) is 6.43. The summed E-state index contributed by atoms with van der Waals surface area (Å²) >= 11 is 0. The van der Waals surface area contributed by atoms with E-state index < -0.39 is 0 Å². The lowest BCUT2D eigenvalue weighted by molar-refractivity contribution is -0.133. The Morgan fingerprint density at radius 1 is 1.38 bits per heavy atom. The van der Waals surface area contributed by atoms with Gasteiger partial charge in [-0.1, -0.05) is 12.1 Å². The van der Waals surface area contributed by atoms with Crippen LogP contribution in [0.1, 0.15) is 31.2 Å². The molecule has 0 saturated carbocycles. The molecular formula is C18H23FN4O. The van der Waals surface area contributed by atoms with Gasteiger partial charge in [-0.15, -0.1) is 0 Å². The number of piperidine rings is 1. The van der Waals surface area contributed by atoms with E-state index in [0.717, 1.165) is 44.3 Å². The van der Waals surface area contributed by atoms with Gasteiger partial charge in [0.05, 0.1) is 6.54 Å². The van der Waals surface area contributed by atoms with Crippen molar-refractivity contribution in [2.24, 2.45) is 5.92 Å². The van der Waals surface area contributed by atoms with E-state index in [-0.39, 0.29) is 11.7 Å². The summed E-state index contributed by atoms with van der Waals surface area (Å²) in [5.74, 6) is 0.499. The Balaban J connectivity index is 1.46. The minimum atomic E-state index is -0.180. The molecule has 1 aliphatic heterocycles. The number of nitrogens with zero attached hydrogens (tertiary/aromatic N) is 4. The maximum atomic E-state index is 13.2. The summed E-state index contributed by atoms with van der Waals surface area (Å²) in [5, 5.41) is 4.02. The first-order chi connectivity index (χ1) is 11.7. The van der Waals surface area contributed by atoms with Crippen LogP contribution >= 0.6 is 0 Å². The molecule has 1 aromatic heterocycles. The number of amides is 1. The van der Waals surface area contributed by atoms with Crippen molar-refractivity contribution >= 4 is 5.91 Å². The van der Waals surface area contributed by atoms with Gasteiger partial charge >= 0.3 is 0 Å². The van der Waals surface area contributed by atoms with Crippen LogP contribution in [0.4, 0.5) is 4.39 Å². The lowest BCUT2D eigenvalue weighted by Gasteiger charge is -2.33. The summed E-state index contributed by atoms with van der Waals surface area (Å²) in [7, 11) is 0. The highest BCUT2D eigenvalue weighted by atomic mass is 19.1. The molecule has 0 bridgehead atoms. The molecule has 1 aromatic carbocycles. The summed E-state index contributed by atoms with van der Waals surface area (Å²) in [6.45, 7) is 2.22. The van der Waals surface area contributed by atoms with Crippen LogP contribution in [0.5, 0.6) is 0 Å². The SMILES string of the molecule is O=C(CCn1cncn1)N1CCCC(CCc2cccc(F)c2)C1. The number of likely N-dealkylation sites (tertiary alicyclic amines) is 1. The van der Waals surface area contributed by atoms with Crippen molar-refractivity contribution in [3.05, 3.63) is 48.3 Å². The van der Waals surface area contributed by atoms with E-state index in [1.54, 1.807) is 23.1 Å². The molecule has 0 radical (unpaired) electrons. The van der Waals surface area contributed by atoms with Crippen LogP contribution in [-0.2, 0) is 17.8 Å². The first kappa shape index (κ1) is 16.6. The van der Waals surface area contributed by atoms with E-state index in [0.29, 0.717) is 18.9 Å². The Morgan fingerprint density at radius 3 is 3.08 bits per heavy atom. The van der Waals surface area contributed by atoms with Crippen LogP contribution in [0, 0.1) is 11.7 Å². The third kappa shape index (κ3) is 4.63. The average molecular weight is 330 g/mol. The van der Waals surface area contributed by atoms with E-state index in [1.165, 1.54) is 12.4 Å². The van der Waals surface area contributed by atoms with Crippen LogP contribution in [0.2, 0.25) is 0 Å². The lowest BCUT2D eigenvalue weighted by atomic mass is 9.91. The van der Waals surface area contributed by atoms with Gasteiger partial charge in [0.25, 0.3) is 0 Å². The minimum Gasteiger partial charge on any atom is -0.342 e. The molecule has 1 aliphatic rings. The molecule has 128 valence electrons. The first-order valence-electron chi connectivity index (χ1n) is 8.55. The zero-order valence-electron chi connectivity index (χ0n) is 13.8.